The van der Waals surface area contributed by atoms with Crippen LogP contribution in [0, 0.1) is 5.92 Å². The van der Waals surface area contributed by atoms with Gasteiger partial charge in [0.1, 0.15) is 12.4 Å². The summed E-state index contributed by atoms with van der Waals surface area (Å²) in [5, 5.41) is 3.15. The fraction of sp³-hybridized carbons (Fsp3) is 0.647. The lowest BCUT2D eigenvalue weighted by atomic mass is 9.92. The first-order valence-electron chi connectivity index (χ1n) is 7.81. The number of ether oxygens (including phenoxy) is 1. The van der Waals surface area contributed by atoms with Gasteiger partial charge < -0.3 is 10.1 Å². The SMILES string of the molecule is CNCc1ccc(OCCN2CCCC(C)C2C)cc1. The maximum atomic E-state index is 5.86. The van der Waals surface area contributed by atoms with Crippen molar-refractivity contribution in [3.05, 3.63) is 29.8 Å². The highest BCUT2D eigenvalue weighted by molar-refractivity contribution is 5.27. The van der Waals surface area contributed by atoms with E-state index in [1.807, 2.05) is 7.05 Å². The highest BCUT2D eigenvalue weighted by atomic mass is 16.5. The second-order valence-corrected chi connectivity index (χ2v) is 5.92. The Bertz CT molecular complexity index is 390. The van der Waals surface area contributed by atoms with E-state index in [9.17, 15) is 0 Å². The Morgan fingerprint density at radius 2 is 2.00 bits per heavy atom. The van der Waals surface area contributed by atoms with Crippen LogP contribution in [-0.4, -0.2) is 37.7 Å². The second kappa shape index (κ2) is 7.65. The van der Waals surface area contributed by atoms with Gasteiger partial charge in [-0.05, 0) is 57.0 Å². The van der Waals surface area contributed by atoms with Gasteiger partial charge in [0, 0.05) is 19.1 Å². The molecule has 3 nitrogen and oxygen atoms in total. The summed E-state index contributed by atoms with van der Waals surface area (Å²) in [6, 6.07) is 9.06. The van der Waals surface area contributed by atoms with Crippen LogP contribution in [0.1, 0.15) is 32.3 Å². The normalized spacial score (nSPS) is 23.8. The van der Waals surface area contributed by atoms with E-state index in [0.29, 0.717) is 6.04 Å². The number of rotatable bonds is 6. The lowest BCUT2D eigenvalue weighted by Crippen LogP contribution is -2.44. The van der Waals surface area contributed by atoms with Crippen LogP contribution in [-0.2, 0) is 6.54 Å². The monoisotopic (exact) mass is 276 g/mol. The summed E-state index contributed by atoms with van der Waals surface area (Å²) in [5.41, 5.74) is 1.29. The largest absolute Gasteiger partial charge is 0.492 e. The zero-order valence-corrected chi connectivity index (χ0v) is 13.1. The Hall–Kier alpha value is -1.06. The number of hydrogen-bond acceptors (Lipinski definition) is 3. The summed E-state index contributed by atoms with van der Waals surface area (Å²) in [7, 11) is 1.96. The average molecular weight is 276 g/mol. The molecule has 1 aliphatic heterocycles. The predicted molar refractivity (Wildman–Crippen MR) is 84.1 cm³/mol. The molecule has 0 aliphatic carbocycles. The average Bonchev–Trinajstić information content (AvgIpc) is 2.46. The van der Waals surface area contributed by atoms with Crippen LogP contribution in [0.2, 0.25) is 0 Å². The van der Waals surface area contributed by atoms with Crippen LogP contribution < -0.4 is 10.1 Å². The standard InChI is InChI=1S/C17H28N2O/c1-14-5-4-10-19(15(14)2)11-12-20-17-8-6-16(7-9-17)13-18-3/h6-9,14-15,18H,4-5,10-13H2,1-3H3. The Balaban J connectivity index is 1.75. The van der Waals surface area contributed by atoms with E-state index >= 15 is 0 Å². The van der Waals surface area contributed by atoms with Crippen LogP contribution in [0.4, 0.5) is 0 Å². The van der Waals surface area contributed by atoms with Crippen LogP contribution in [0.15, 0.2) is 24.3 Å². The van der Waals surface area contributed by atoms with Crippen LogP contribution in [0.25, 0.3) is 0 Å². The van der Waals surface area contributed by atoms with Gasteiger partial charge in [-0.25, -0.2) is 0 Å². The minimum absolute atomic E-state index is 0.686. The van der Waals surface area contributed by atoms with Crippen molar-refractivity contribution in [2.45, 2.75) is 39.3 Å². The van der Waals surface area contributed by atoms with Gasteiger partial charge in [-0.3, -0.25) is 4.90 Å². The maximum Gasteiger partial charge on any atom is 0.119 e. The molecule has 2 rings (SSSR count). The fourth-order valence-electron chi connectivity index (χ4n) is 2.92. The fourth-order valence-corrected chi connectivity index (χ4v) is 2.92. The van der Waals surface area contributed by atoms with Gasteiger partial charge in [0.25, 0.3) is 0 Å². The van der Waals surface area contributed by atoms with Crippen LogP contribution in [0.3, 0.4) is 0 Å². The van der Waals surface area contributed by atoms with Crippen molar-refractivity contribution in [3.63, 3.8) is 0 Å². The first kappa shape index (κ1) is 15.3. The summed E-state index contributed by atoms with van der Waals surface area (Å²) < 4.78 is 5.86. The van der Waals surface area contributed by atoms with Gasteiger partial charge in [-0.2, -0.15) is 0 Å². The lowest BCUT2D eigenvalue weighted by molar-refractivity contribution is 0.0958. The molecule has 0 bridgehead atoms. The van der Waals surface area contributed by atoms with Gasteiger partial charge >= 0.3 is 0 Å². The molecule has 0 saturated carbocycles. The molecule has 1 N–H and O–H groups in total. The number of likely N-dealkylation sites (tertiary alicyclic amines) is 1. The molecule has 20 heavy (non-hydrogen) atoms. The number of hydrogen-bond donors (Lipinski definition) is 1. The molecule has 2 atom stereocenters. The highest BCUT2D eigenvalue weighted by Crippen LogP contribution is 2.22. The molecule has 0 amide bonds. The molecule has 1 saturated heterocycles. The number of nitrogens with zero attached hydrogens (tertiary/aromatic N) is 1. The molecule has 1 fully saturated rings. The van der Waals surface area contributed by atoms with E-state index < -0.39 is 0 Å². The third-order valence-corrected chi connectivity index (χ3v) is 4.46. The summed E-state index contributed by atoms with van der Waals surface area (Å²) in [5.74, 6) is 1.78. The van der Waals surface area contributed by atoms with Crippen molar-refractivity contribution in [1.82, 2.24) is 10.2 Å². The molecule has 0 spiro atoms. The Labute approximate surface area is 123 Å². The molecule has 0 aromatic heterocycles. The molecular weight excluding hydrogens is 248 g/mol. The predicted octanol–water partition coefficient (Wildman–Crippen LogP) is 2.91. The second-order valence-electron chi connectivity index (χ2n) is 5.92. The van der Waals surface area contributed by atoms with Crippen LogP contribution in [0.5, 0.6) is 5.75 Å². The van der Waals surface area contributed by atoms with Gasteiger partial charge in [0.05, 0.1) is 0 Å². The van der Waals surface area contributed by atoms with Crippen molar-refractivity contribution in [1.29, 1.82) is 0 Å². The summed E-state index contributed by atoms with van der Waals surface area (Å²) >= 11 is 0. The van der Waals surface area contributed by atoms with E-state index in [0.717, 1.165) is 31.4 Å². The Morgan fingerprint density at radius 3 is 2.70 bits per heavy atom. The molecule has 1 aromatic rings. The quantitative estimate of drug-likeness (QED) is 0.864. The molecular formula is C17H28N2O. The molecule has 1 aromatic carbocycles. The molecule has 1 aliphatic rings. The van der Waals surface area contributed by atoms with Crippen molar-refractivity contribution in [3.8, 4) is 5.75 Å². The molecule has 0 radical (unpaired) electrons. The van der Waals surface area contributed by atoms with Gasteiger partial charge in [-0.1, -0.05) is 19.1 Å². The highest BCUT2D eigenvalue weighted by Gasteiger charge is 2.23. The lowest BCUT2D eigenvalue weighted by Gasteiger charge is -2.37. The van der Waals surface area contributed by atoms with Crippen molar-refractivity contribution < 1.29 is 4.74 Å². The minimum atomic E-state index is 0.686. The minimum Gasteiger partial charge on any atom is -0.492 e. The third-order valence-electron chi connectivity index (χ3n) is 4.46. The van der Waals surface area contributed by atoms with E-state index in [4.69, 9.17) is 4.74 Å². The molecule has 1 heterocycles. The Morgan fingerprint density at radius 1 is 1.25 bits per heavy atom. The van der Waals surface area contributed by atoms with Crippen LogP contribution >= 0.6 is 0 Å². The number of nitrogens with one attached hydrogen (secondary N) is 1. The number of benzene rings is 1. The molecule has 3 heteroatoms. The summed E-state index contributed by atoms with van der Waals surface area (Å²) in [6.45, 7) is 8.64. The van der Waals surface area contributed by atoms with Crippen molar-refractivity contribution in [2.75, 3.05) is 26.7 Å². The van der Waals surface area contributed by atoms with Crippen molar-refractivity contribution in [2.24, 2.45) is 5.92 Å². The van der Waals surface area contributed by atoms with E-state index in [1.165, 1.54) is 24.9 Å². The molecule has 112 valence electrons. The zero-order chi connectivity index (χ0) is 14.4. The van der Waals surface area contributed by atoms with Gasteiger partial charge in [-0.15, -0.1) is 0 Å². The summed E-state index contributed by atoms with van der Waals surface area (Å²) in [4.78, 5) is 2.56. The smallest absolute Gasteiger partial charge is 0.119 e. The van der Waals surface area contributed by atoms with E-state index in [2.05, 4.69) is 48.3 Å². The molecule has 2 unspecified atom stereocenters. The zero-order valence-electron chi connectivity index (χ0n) is 13.1. The number of piperidine rings is 1. The Kier molecular flexibility index (Phi) is 5.86. The van der Waals surface area contributed by atoms with Gasteiger partial charge in [0.2, 0.25) is 0 Å². The topological polar surface area (TPSA) is 24.5 Å². The van der Waals surface area contributed by atoms with Gasteiger partial charge in [0.15, 0.2) is 0 Å². The first-order chi connectivity index (χ1) is 9.70. The summed E-state index contributed by atoms with van der Waals surface area (Å²) in [6.07, 6.45) is 2.69. The van der Waals surface area contributed by atoms with E-state index in [1.54, 1.807) is 0 Å². The maximum absolute atomic E-state index is 5.86. The first-order valence-corrected chi connectivity index (χ1v) is 7.81. The third kappa shape index (κ3) is 4.22. The van der Waals surface area contributed by atoms with E-state index in [-0.39, 0.29) is 0 Å². The van der Waals surface area contributed by atoms with Crippen molar-refractivity contribution >= 4 is 0 Å².